The number of unbranched alkanes of at least 4 members (excludes halogenated alkanes) is 15. The molecule has 4 rings (SSSR count). The number of aliphatic hydroxyl groups excluding tert-OH is 2. The molecule has 58 heavy (non-hydrogen) atoms. The molecule has 1 saturated heterocycles. The van der Waals surface area contributed by atoms with Crippen molar-refractivity contribution in [2.75, 3.05) is 32.2 Å². The van der Waals surface area contributed by atoms with Crippen LogP contribution in [-0.2, 0) is 34.4 Å². The summed E-state index contributed by atoms with van der Waals surface area (Å²) in [4.78, 5) is 14.5. The van der Waals surface area contributed by atoms with Crippen LogP contribution in [-0.4, -0.2) is 80.0 Å². The van der Waals surface area contributed by atoms with E-state index in [0.29, 0.717) is 12.1 Å². The summed E-state index contributed by atoms with van der Waals surface area (Å²) in [6.07, 6.45) is 15.3. The van der Waals surface area contributed by atoms with Crippen molar-refractivity contribution in [3.8, 4) is 12.1 Å². The predicted molar refractivity (Wildman–Crippen MR) is 213 cm³/mol. The maximum atomic E-state index is 14.8. The summed E-state index contributed by atoms with van der Waals surface area (Å²) in [5.41, 5.74) is 4.21. The minimum absolute atomic E-state index is 0.0600. The highest BCUT2D eigenvalue weighted by Gasteiger charge is 2.57. The highest BCUT2D eigenvalue weighted by atomic mass is 31.2. The Morgan fingerprint density at radius 1 is 0.948 bits per heavy atom. The van der Waals surface area contributed by atoms with Gasteiger partial charge in [0.2, 0.25) is 5.60 Å². The molecule has 0 radical (unpaired) electrons. The number of phosphoric acid groups is 1. The number of phosphoric ester groups is 1. The van der Waals surface area contributed by atoms with Crippen LogP contribution in [0.25, 0.3) is 5.52 Å². The number of rotatable bonds is 29. The molecule has 320 valence electrons. The molecule has 1 aliphatic heterocycles. The van der Waals surface area contributed by atoms with Gasteiger partial charge in [-0.25, -0.2) is 18.5 Å². The standard InChI is InChI=1S/C41H60FN6O9P/c1-2-3-4-5-6-7-8-9-10-11-12-13-14-15-16-17-23-53-26-33(54-25-32-20-18-19-31(24-43)36(32)42)27-55-58(51,52)56-29-41(28-44)39(50)37(49)38(57-41)34-21-22-35-40(45)46-30-47-48(34)35/h18-22,30,33,37-39,49-50H,2-17,23,25-27,29H2,1H3,(H,51,52)(H2,45,46,47)/t33-,37+,38+,39+,41-/m1/s1. The van der Waals surface area contributed by atoms with Crippen LogP contribution in [0, 0.1) is 28.5 Å². The number of fused-ring (bicyclic) bond motifs is 1. The molecule has 1 aromatic carbocycles. The summed E-state index contributed by atoms with van der Waals surface area (Å²) in [5.74, 6) is -0.590. The Bertz CT molecular complexity index is 1820. The second-order valence-electron chi connectivity index (χ2n) is 14.9. The Morgan fingerprint density at radius 2 is 1.59 bits per heavy atom. The van der Waals surface area contributed by atoms with Crippen LogP contribution in [0.5, 0.6) is 0 Å². The fourth-order valence-corrected chi connectivity index (χ4v) is 7.75. The monoisotopic (exact) mass is 830 g/mol. The predicted octanol–water partition coefficient (Wildman–Crippen LogP) is 7.37. The van der Waals surface area contributed by atoms with Crippen molar-refractivity contribution in [3.63, 3.8) is 0 Å². The SMILES string of the molecule is CCCCCCCCCCCCCCCCCCOC[C@H](COP(=O)(O)OC[C@@]1(C#N)O[C@@H](c2ccc3c(N)ncnn23)[C@H](O)[C@@H]1O)OCc1cccc(C#N)c1F. The number of aromatic nitrogens is 3. The first-order valence-corrected chi connectivity index (χ1v) is 22.1. The zero-order valence-electron chi connectivity index (χ0n) is 33.6. The van der Waals surface area contributed by atoms with E-state index in [4.69, 9.17) is 29.0 Å². The van der Waals surface area contributed by atoms with Crippen molar-refractivity contribution in [1.82, 2.24) is 14.6 Å². The average Bonchev–Trinajstić information content (AvgIpc) is 3.76. The molecule has 6 atom stereocenters. The fraction of sp³-hybridized carbons (Fsp3) is 0.659. The van der Waals surface area contributed by atoms with Gasteiger partial charge in [-0.15, -0.1) is 0 Å². The van der Waals surface area contributed by atoms with Gasteiger partial charge in [-0.2, -0.15) is 15.6 Å². The molecule has 5 N–H and O–H groups in total. The van der Waals surface area contributed by atoms with E-state index in [-0.39, 0.29) is 35.9 Å². The van der Waals surface area contributed by atoms with Gasteiger partial charge in [-0.3, -0.25) is 9.05 Å². The van der Waals surface area contributed by atoms with E-state index in [1.807, 2.05) is 0 Å². The van der Waals surface area contributed by atoms with Gasteiger partial charge in [0.15, 0.2) is 5.82 Å². The van der Waals surface area contributed by atoms with E-state index in [2.05, 4.69) is 17.0 Å². The smallest absolute Gasteiger partial charge is 0.387 e. The number of ether oxygens (including phenoxy) is 3. The molecule has 2 aromatic heterocycles. The number of hydrogen-bond acceptors (Lipinski definition) is 13. The van der Waals surface area contributed by atoms with Crippen LogP contribution < -0.4 is 5.73 Å². The first-order chi connectivity index (χ1) is 28.1. The van der Waals surface area contributed by atoms with Crippen molar-refractivity contribution in [2.24, 2.45) is 0 Å². The molecule has 0 saturated carbocycles. The Kier molecular flexibility index (Phi) is 19.9. The van der Waals surface area contributed by atoms with Gasteiger partial charge in [0.05, 0.1) is 31.1 Å². The largest absolute Gasteiger partial charge is 0.472 e. The number of hydrogen-bond donors (Lipinski definition) is 4. The van der Waals surface area contributed by atoms with Crippen molar-refractivity contribution >= 4 is 19.2 Å². The van der Waals surface area contributed by atoms with E-state index >= 15 is 0 Å². The summed E-state index contributed by atoms with van der Waals surface area (Å²) < 4.78 is 57.0. The lowest BCUT2D eigenvalue weighted by Crippen LogP contribution is -2.45. The molecule has 0 bridgehead atoms. The number of nitrogens with zero attached hydrogens (tertiary/aromatic N) is 5. The number of aliphatic hydroxyl groups is 2. The third-order valence-electron chi connectivity index (χ3n) is 10.4. The van der Waals surface area contributed by atoms with Crippen LogP contribution in [0.4, 0.5) is 10.2 Å². The highest BCUT2D eigenvalue weighted by Crippen LogP contribution is 2.47. The van der Waals surface area contributed by atoms with Crippen LogP contribution in [0.3, 0.4) is 0 Å². The Balaban J connectivity index is 1.21. The second-order valence-corrected chi connectivity index (χ2v) is 16.4. The lowest BCUT2D eigenvalue weighted by molar-refractivity contribution is -0.0791. The summed E-state index contributed by atoms with van der Waals surface area (Å²) in [7, 11) is -4.94. The zero-order valence-corrected chi connectivity index (χ0v) is 34.4. The van der Waals surface area contributed by atoms with E-state index in [9.17, 15) is 34.6 Å². The molecular weight excluding hydrogens is 770 g/mol. The molecule has 0 spiro atoms. The molecule has 1 aliphatic rings. The van der Waals surface area contributed by atoms with Crippen molar-refractivity contribution < 1.29 is 47.3 Å². The average molecular weight is 831 g/mol. The first-order valence-electron chi connectivity index (χ1n) is 20.6. The van der Waals surface area contributed by atoms with E-state index in [1.54, 1.807) is 18.2 Å². The number of halogens is 1. The van der Waals surface area contributed by atoms with E-state index in [1.165, 1.54) is 119 Å². The summed E-state index contributed by atoms with van der Waals surface area (Å²) >= 11 is 0. The topological polar surface area (TPSA) is 228 Å². The summed E-state index contributed by atoms with van der Waals surface area (Å²) in [6, 6.07) is 11.0. The summed E-state index contributed by atoms with van der Waals surface area (Å²) in [6.45, 7) is 0.823. The third-order valence-corrected chi connectivity index (χ3v) is 11.4. The zero-order chi connectivity index (χ0) is 41.8. The van der Waals surface area contributed by atoms with Crippen LogP contribution in [0.15, 0.2) is 36.7 Å². The molecule has 17 heteroatoms. The Labute approximate surface area is 340 Å². The van der Waals surface area contributed by atoms with Gasteiger partial charge in [-0.05, 0) is 24.6 Å². The number of nitriles is 2. The van der Waals surface area contributed by atoms with Crippen LogP contribution >= 0.6 is 7.82 Å². The fourth-order valence-electron chi connectivity index (χ4n) is 6.96. The minimum atomic E-state index is -4.94. The number of benzene rings is 1. The van der Waals surface area contributed by atoms with Crippen molar-refractivity contribution in [3.05, 3.63) is 59.3 Å². The molecule has 0 amide bonds. The van der Waals surface area contributed by atoms with Gasteiger partial charge in [0.25, 0.3) is 0 Å². The van der Waals surface area contributed by atoms with Crippen LogP contribution in [0.1, 0.15) is 133 Å². The summed E-state index contributed by atoms with van der Waals surface area (Å²) in [5, 5.41) is 45.1. The van der Waals surface area contributed by atoms with E-state index in [0.717, 1.165) is 19.3 Å². The molecule has 1 fully saturated rings. The van der Waals surface area contributed by atoms with Crippen molar-refractivity contribution in [1.29, 1.82) is 10.5 Å². The first kappa shape index (κ1) is 47.1. The maximum Gasteiger partial charge on any atom is 0.472 e. The van der Waals surface area contributed by atoms with Gasteiger partial charge in [0.1, 0.15) is 60.8 Å². The third kappa shape index (κ3) is 14.0. The quantitative estimate of drug-likeness (QED) is 0.0396. The second kappa shape index (κ2) is 24.5. The molecule has 3 aromatic rings. The van der Waals surface area contributed by atoms with Gasteiger partial charge in [-0.1, -0.05) is 115 Å². The number of anilines is 1. The molecule has 15 nitrogen and oxygen atoms in total. The van der Waals surface area contributed by atoms with Crippen molar-refractivity contribution in [2.45, 2.75) is 146 Å². The lowest BCUT2D eigenvalue weighted by Gasteiger charge is -2.26. The maximum absolute atomic E-state index is 14.8. The van der Waals surface area contributed by atoms with Gasteiger partial charge >= 0.3 is 7.82 Å². The van der Waals surface area contributed by atoms with Crippen LogP contribution in [0.2, 0.25) is 0 Å². The number of nitrogen functional groups attached to an aromatic ring is 1. The highest BCUT2D eigenvalue weighted by molar-refractivity contribution is 7.47. The Hall–Kier alpha value is -3.54. The number of nitrogens with two attached hydrogens (primary N) is 1. The minimum Gasteiger partial charge on any atom is -0.387 e. The molecular formula is C41H60FN6O9P. The van der Waals surface area contributed by atoms with Gasteiger partial charge < -0.3 is 35.1 Å². The Morgan fingerprint density at radius 3 is 2.21 bits per heavy atom. The molecule has 1 unspecified atom stereocenters. The van der Waals surface area contributed by atoms with E-state index < -0.39 is 56.9 Å². The molecule has 3 heterocycles. The molecule has 0 aliphatic carbocycles. The lowest BCUT2D eigenvalue weighted by atomic mass is 9.96. The van der Waals surface area contributed by atoms with Gasteiger partial charge in [0, 0.05) is 12.2 Å². The normalized spacial score (nSPS) is 20.8.